The molecular weight excluding hydrogens is 240 g/mol. The number of rotatable bonds is 4. The van der Waals surface area contributed by atoms with Gasteiger partial charge in [-0.2, -0.15) is 0 Å². The lowest BCUT2D eigenvalue weighted by Gasteiger charge is -2.43. The first-order valence-corrected chi connectivity index (χ1v) is 9.64. The lowest BCUT2D eigenvalue weighted by atomic mass is 9.62. The minimum absolute atomic E-state index is 0.624. The molecule has 0 aromatic heterocycles. The Bertz CT molecular complexity index is 310. The van der Waals surface area contributed by atoms with Crippen molar-refractivity contribution in [1.29, 1.82) is 0 Å². The van der Waals surface area contributed by atoms with Gasteiger partial charge in [0.25, 0.3) is 0 Å². The minimum atomic E-state index is 0.624. The summed E-state index contributed by atoms with van der Waals surface area (Å²) in [5.74, 6) is 5.36. The second-order valence-corrected chi connectivity index (χ2v) is 8.81. The molecule has 0 saturated heterocycles. The molecule has 3 rings (SSSR count). The highest BCUT2D eigenvalue weighted by molar-refractivity contribution is 5.00. The van der Waals surface area contributed by atoms with Gasteiger partial charge in [-0.15, -0.1) is 0 Å². The van der Waals surface area contributed by atoms with Crippen molar-refractivity contribution in [3.05, 3.63) is 0 Å². The second kappa shape index (κ2) is 6.01. The molecule has 3 saturated carbocycles. The zero-order valence-corrected chi connectivity index (χ0v) is 14.2. The number of hydrogen-bond donors (Lipinski definition) is 0. The van der Waals surface area contributed by atoms with Crippen molar-refractivity contribution in [2.24, 2.45) is 35.0 Å². The van der Waals surface area contributed by atoms with E-state index in [4.69, 9.17) is 0 Å². The van der Waals surface area contributed by atoms with E-state index in [9.17, 15) is 0 Å². The van der Waals surface area contributed by atoms with Crippen LogP contribution in [0.3, 0.4) is 0 Å². The van der Waals surface area contributed by atoms with Crippen molar-refractivity contribution in [3.63, 3.8) is 0 Å². The molecule has 0 radical (unpaired) electrons. The molecule has 0 amide bonds. The maximum Gasteiger partial charge on any atom is -0.0295 e. The third-order valence-electron chi connectivity index (χ3n) is 7.58. The van der Waals surface area contributed by atoms with Crippen LogP contribution in [0.15, 0.2) is 0 Å². The van der Waals surface area contributed by atoms with Gasteiger partial charge in [0, 0.05) is 0 Å². The molecule has 0 spiro atoms. The average Bonchev–Trinajstić information content (AvgIpc) is 3.08. The molecule has 3 aliphatic rings. The predicted molar refractivity (Wildman–Crippen MR) is 87.7 cm³/mol. The van der Waals surface area contributed by atoms with E-state index in [1.54, 1.807) is 19.3 Å². The molecule has 0 bridgehead atoms. The SMILES string of the molecule is CCCC1CC(C(C)(C)C2CCCC2)C2CCCCC12. The molecule has 20 heavy (non-hydrogen) atoms. The summed E-state index contributed by atoms with van der Waals surface area (Å²) < 4.78 is 0. The van der Waals surface area contributed by atoms with E-state index in [-0.39, 0.29) is 0 Å². The van der Waals surface area contributed by atoms with Crippen LogP contribution in [0.5, 0.6) is 0 Å². The van der Waals surface area contributed by atoms with Crippen LogP contribution in [-0.2, 0) is 0 Å². The Morgan fingerprint density at radius 1 is 0.850 bits per heavy atom. The van der Waals surface area contributed by atoms with Crippen molar-refractivity contribution >= 4 is 0 Å². The summed E-state index contributed by atoms with van der Waals surface area (Å²) in [5, 5.41) is 0. The summed E-state index contributed by atoms with van der Waals surface area (Å²) >= 11 is 0. The topological polar surface area (TPSA) is 0 Å². The molecular formula is C20H36. The molecule has 0 nitrogen and oxygen atoms in total. The zero-order chi connectivity index (χ0) is 14.2. The Labute approximate surface area is 127 Å². The molecule has 0 heterocycles. The standard InChI is InChI=1S/C20H36/c1-4-9-15-14-19(18-13-8-7-12-17(15)18)20(2,3)16-10-5-6-11-16/h15-19H,4-14H2,1-3H3. The van der Waals surface area contributed by atoms with Crippen molar-refractivity contribution in [2.45, 2.75) is 91.4 Å². The second-order valence-electron chi connectivity index (χ2n) is 8.81. The minimum Gasteiger partial charge on any atom is -0.0654 e. The van der Waals surface area contributed by atoms with Crippen molar-refractivity contribution < 1.29 is 0 Å². The normalized spacial score (nSPS) is 39.1. The van der Waals surface area contributed by atoms with Gasteiger partial charge in [0.15, 0.2) is 0 Å². The quantitative estimate of drug-likeness (QED) is 0.554. The summed E-state index contributed by atoms with van der Waals surface area (Å²) in [4.78, 5) is 0. The maximum absolute atomic E-state index is 2.65. The van der Waals surface area contributed by atoms with Gasteiger partial charge in [-0.25, -0.2) is 0 Å². The Kier molecular flexibility index (Phi) is 4.48. The first kappa shape index (κ1) is 14.9. The van der Waals surface area contributed by atoms with Crippen LogP contribution in [0.1, 0.15) is 91.4 Å². The van der Waals surface area contributed by atoms with Crippen molar-refractivity contribution in [1.82, 2.24) is 0 Å². The lowest BCUT2D eigenvalue weighted by Crippen LogP contribution is -2.35. The molecule has 4 atom stereocenters. The van der Waals surface area contributed by atoms with Crippen LogP contribution < -0.4 is 0 Å². The van der Waals surface area contributed by atoms with E-state index in [1.807, 2.05) is 0 Å². The number of fused-ring (bicyclic) bond motifs is 1. The van der Waals surface area contributed by atoms with Crippen molar-refractivity contribution in [3.8, 4) is 0 Å². The Hall–Kier alpha value is 0. The molecule has 3 fully saturated rings. The van der Waals surface area contributed by atoms with Gasteiger partial charge in [-0.05, 0) is 67.1 Å². The van der Waals surface area contributed by atoms with Gasteiger partial charge in [0.1, 0.15) is 0 Å². The van der Waals surface area contributed by atoms with Gasteiger partial charge in [-0.3, -0.25) is 0 Å². The molecule has 0 aliphatic heterocycles. The molecule has 0 aromatic carbocycles. The molecule has 0 N–H and O–H groups in total. The molecule has 0 heteroatoms. The van der Waals surface area contributed by atoms with Crippen molar-refractivity contribution in [2.75, 3.05) is 0 Å². The van der Waals surface area contributed by atoms with Gasteiger partial charge < -0.3 is 0 Å². The van der Waals surface area contributed by atoms with Crippen LogP contribution in [0.25, 0.3) is 0 Å². The van der Waals surface area contributed by atoms with E-state index in [0.29, 0.717) is 5.41 Å². The Morgan fingerprint density at radius 2 is 1.45 bits per heavy atom. The predicted octanol–water partition coefficient (Wildman–Crippen LogP) is 6.45. The number of hydrogen-bond acceptors (Lipinski definition) is 0. The highest BCUT2D eigenvalue weighted by atomic mass is 14.6. The third-order valence-corrected chi connectivity index (χ3v) is 7.58. The summed E-state index contributed by atoms with van der Waals surface area (Å²) in [6.45, 7) is 7.69. The Balaban J connectivity index is 1.77. The first-order valence-electron chi connectivity index (χ1n) is 9.64. The van der Waals surface area contributed by atoms with Crippen LogP contribution in [-0.4, -0.2) is 0 Å². The largest absolute Gasteiger partial charge is 0.0654 e. The van der Waals surface area contributed by atoms with E-state index < -0.39 is 0 Å². The highest BCUT2D eigenvalue weighted by Gasteiger charge is 2.51. The molecule has 3 aliphatic carbocycles. The monoisotopic (exact) mass is 276 g/mol. The fraction of sp³-hybridized carbons (Fsp3) is 1.00. The van der Waals surface area contributed by atoms with Gasteiger partial charge in [0.05, 0.1) is 0 Å². The summed E-state index contributed by atoms with van der Waals surface area (Å²) in [5.41, 5.74) is 0.624. The first-order chi connectivity index (χ1) is 9.64. The summed E-state index contributed by atoms with van der Waals surface area (Å²) in [7, 11) is 0. The molecule has 4 unspecified atom stereocenters. The zero-order valence-electron chi connectivity index (χ0n) is 14.2. The average molecular weight is 277 g/mol. The van der Waals surface area contributed by atoms with Gasteiger partial charge in [-0.1, -0.05) is 59.3 Å². The van der Waals surface area contributed by atoms with Gasteiger partial charge in [0.2, 0.25) is 0 Å². The fourth-order valence-corrected chi connectivity index (χ4v) is 6.48. The third kappa shape index (κ3) is 2.57. The fourth-order valence-electron chi connectivity index (χ4n) is 6.48. The molecule has 0 aromatic rings. The van der Waals surface area contributed by atoms with E-state index >= 15 is 0 Å². The van der Waals surface area contributed by atoms with Crippen LogP contribution >= 0.6 is 0 Å². The maximum atomic E-state index is 2.65. The van der Waals surface area contributed by atoms with E-state index in [1.165, 1.54) is 51.4 Å². The van der Waals surface area contributed by atoms with Gasteiger partial charge >= 0.3 is 0 Å². The summed E-state index contributed by atoms with van der Waals surface area (Å²) in [6, 6.07) is 0. The lowest BCUT2D eigenvalue weighted by molar-refractivity contribution is 0.0623. The highest BCUT2D eigenvalue weighted by Crippen LogP contribution is 2.59. The van der Waals surface area contributed by atoms with E-state index in [2.05, 4.69) is 20.8 Å². The smallest absolute Gasteiger partial charge is 0.0295 e. The Morgan fingerprint density at radius 3 is 2.10 bits per heavy atom. The van der Waals surface area contributed by atoms with E-state index in [0.717, 1.165) is 29.6 Å². The van der Waals surface area contributed by atoms with Crippen LogP contribution in [0.2, 0.25) is 0 Å². The van der Waals surface area contributed by atoms with Crippen LogP contribution in [0, 0.1) is 35.0 Å². The van der Waals surface area contributed by atoms with Crippen LogP contribution in [0.4, 0.5) is 0 Å². The molecule has 116 valence electrons. The summed E-state index contributed by atoms with van der Waals surface area (Å²) in [6.07, 6.45) is 16.7.